The first-order chi connectivity index (χ1) is 8.64. The molecule has 1 saturated carbocycles. The zero-order chi connectivity index (χ0) is 13.0. The molecular weight excluding hydrogens is 224 g/mol. The zero-order valence-corrected chi connectivity index (χ0v) is 10.8. The summed E-state index contributed by atoms with van der Waals surface area (Å²) in [6, 6.07) is 9.55. The van der Waals surface area contributed by atoms with Crippen LogP contribution in [0.4, 0.5) is 5.69 Å². The van der Waals surface area contributed by atoms with E-state index in [4.69, 9.17) is 5.26 Å². The maximum atomic E-state index is 10.1. The Morgan fingerprint density at radius 2 is 2.11 bits per heavy atom. The van der Waals surface area contributed by atoms with E-state index in [2.05, 4.69) is 18.3 Å². The zero-order valence-electron chi connectivity index (χ0n) is 10.8. The molecule has 1 fully saturated rings. The molecule has 1 aliphatic carbocycles. The molecule has 0 heterocycles. The van der Waals surface area contributed by atoms with Gasteiger partial charge in [0, 0.05) is 17.6 Å². The van der Waals surface area contributed by atoms with Crippen LogP contribution in [0.5, 0.6) is 0 Å². The number of hydrogen-bond acceptors (Lipinski definition) is 3. The monoisotopic (exact) mass is 244 g/mol. The molecule has 2 unspecified atom stereocenters. The van der Waals surface area contributed by atoms with Gasteiger partial charge in [-0.15, -0.1) is 0 Å². The summed E-state index contributed by atoms with van der Waals surface area (Å²) in [7, 11) is 0. The number of benzene rings is 1. The van der Waals surface area contributed by atoms with Gasteiger partial charge in [-0.1, -0.05) is 19.8 Å². The van der Waals surface area contributed by atoms with Crippen LogP contribution in [-0.4, -0.2) is 17.8 Å². The fraction of sp³-hybridized carbons (Fsp3) is 0.533. The van der Waals surface area contributed by atoms with Crippen molar-refractivity contribution >= 4 is 5.69 Å². The van der Waals surface area contributed by atoms with Crippen LogP contribution in [0.15, 0.2) is 24.3 Å². The molecule has 3 nitrogen and oxygen atoms in total. The fourth-order valence-electron chi connectivity index (χ4n) is 2.55. The molecule has 1 aromatic carbocycles. The molecule has 2 rings (SSSR count). The van der Waals surface area contributed by atoms with Gasteiger partial charge in [-0.3, -0.25) is 0 Å². The van der Waals surface area contributed by atoms with Gasteiger partial charge in [0.15, 0.2) is 0 Å². The molecule has 3 heteroatoms. The molecule has 0 spiro atoms. The van der Waals surface area contributed by atoms with E-state index in [-0.39, 0.29) is 11.5 Å². The first-order valence-corrected chi connectivity index (χ1v) is 6.56. The van der Waals surface area contributed by atoms with E-state index in [0.29, 0.717) is 5.56 Å². The summed E-state index contributed by atoms with van der Waals surface area (Å²) in [4.78, 5) is 0. The second-order valence-corrected chi connectivity index (χ2v) is 5.46. The SMILES string of the molecule is CC1(CNc2ccc(C#N)cc2)CCCCC1O. The summed E-state index contributed by atoms with van der Waals surface area (Å²) in [6.07, 6.45) is 4.09. The lowest BCUT2D eigenvalue weighted by molar-refractivity contribution is 0.00963. The molecule has 0 aliphatic heterocycles. The number of aliphatic hydroxyl groups excluding tert-OH is 1. The van der Waals surface area contributed by atoms with E-state index >= 15 is 0 Å². The van der Waals surface area contributed by atoms with Gasteiger partial charge in [0.2, 0.25) is 0 Å². The Morgan fingerprint density at radius 3 is 2.72 bits per heavy atom. The normalized spacial score (nSPS) is 27.5. The highest BCUT2D eigenvalue weighted by Gasteiger charge is 2.34. The summed E-state index contributed by atoms with van der Waals surface area (Å²) < 4.78 is 0. The summed E-state index contributed by atoms with van der Waals surface area (Å²) >= 11 is 0. The molecule has 18 heavy (non-hydrogen) atoms. The third kappa shape index (κ3) is 2.83. The Bertz CT molecular complexity index is 435. The number of rotatable bonds is 3. The van der Waals surface area contributed by atoms with Crippen LogP contribution in [0.25, 0.3) is 0 Å². The summed E-state index contributed by atoms with van der Waals surface area (Å²) in [5.41, 5.74) is 1.64. The Labute approximate surface area is 108 Å². The molecule has 2 atom stereocenters. The highest BCUT2D eigenvalue weighted by Crippen LogP contribution is 2.36. The van der Waals surface area contributed by atoms with Crippen LogP contribution in [0, 0.1) is 16.7 Å². The molecule has 0 radical (unpaired) electrons. The lowest BCUT2D eigenvalue weighted by Crippen LogP contribution is -2.41. The molecule has 0 saturated heterocycles. The van der Waals surface area contributed by atoms with Crippen molar-refractivity contribution in [2.75, 3.05) is 11.9 Å². The minimum absolute atomic E-state index is 0.0356. The molecule has 0 aromatic heterocycles. The van der Waals surface area contributed by atoms with Gasteiger partial charge in [-0.2, -0.15) is 5.26 Å². The number of nitriles is 1. The smallest absolute Gasteiger partial charge is 0.0991 e. The number of anilines is 1. The van der Waals surface area contributed by atoms with E-state index in [1.807, 2.05) is 24.3 Å². The Kier molecular flexibility index (Phi) is 3.88. The second-order valence-electron chi connectivity index (χ2n) is 5.46. The predicted molar refractivity (Wildman–Crippen MR) is 72.2 cm³/mol. The second kappa shape index (κ2) is 5.41. The Hall–Kier alpha value is -1.53. The molecule has 1 aliphatic rings. The third-order valence-electron chi connectivity index (χ3n) is 3.99. The highest BCUT2D eigenvalue weighted by atomic mass is 16.3. The minimum Gasteiger partial charge on any atom is -0.392 e. The maximum Gasteiger partial charge on any atom is 0.0991 e. The molecular formula is C15H20N2O. The molecule has 0 bridgehead atoms. The summed E-state index contributed by atoms with van der Waals surface area (Å²) in [5.74, 6) is 0. The number of aliphatic hydroxyl groups is 1. The van der Waals surface area contributed by atoms with Gasteiger partial charge in [-0.25, -0.2) is 0 Å². The van der Waals surface area contributed by atoms with Gasteiger partial charge in [0.25, 0.3) is 0 Å². The predicted octanol–water partition coefficient (Wildman–Crippen LogP) is 2.91. The van der Waals surface area contributed by atoms with Crippen LogP contribution < -0.4 is 5.32 Å². The van der Waals surface area contributed by atoms with Crippen molar-refractivity contribution in [1.82, 2.24) is 0 Å². The average Bonchev–Trinajstić information content (AvgIpc) is 2.41. The first-order valence-electron chi connectivity index (χ1n) is 6.56. The van der Waals surface area contributed by atoms with Crippen LogP contribution >= 0.6 is 0 Å². The van der Waals surface area contributed by atoms with Gasteiger partial charge in [-0.05, 0) is 37.1 Å². The van der Waals surface area contributed by atoms with Crippen molar-refractivity contribution in [3.8, 4) is 6.07 Å². The van der Waals surface area contributed by atoms with E-state index in [1.54, 1.807) is 0 Å². The molecule has 0 amide bonds. The van der Waals surface area contributed by atoms with Crippen molar-refractivity contribution in [1.29, 1.82) is 5.26 Å². The number of hydrogen-bond donors (Lipinski definition) is 2. The minimum atomic E-state index is -0.211. The van der Waals surface area contributed by atoms with Gasteiger partial charge in [0.05, 0.1) is 17.7 Å². The summed E-state index contributed by atoms with van der Waals surface area (Å²) in [5, 5.41) is 22.2. The topological polar surface area (TPSA) is 56.0 Å². The highest BCUT2D eigenvalue weighted by molar-refractivity contribution is 5.47. The van der Waals surface area contributed by atoms with Gasteiger partial charge < -0.3 is 10.4 Å². The lowest BCUT2D eigenvalue weighted by Gasteiger charge is -2.38. The fourth-order valence-corrected chi connectivity index (χ4v) is 2.55. The van der Waals surface area contributed by atoms with Crippen LogP contribution in [-0.2, 0) is 0 Å². The van der Waals surface area contributed by atoms with E-state index < -0.39 is 0 Å². The number of nitrogens with one attached hydrogen (secondary N) is 1. The van der Waals surface area contributed by atoms with E-state index in [0.717, 1.165) is 31.5 Å². The first kappa shape index (κ1) is 12.9. The maximum absolute atomic E-state index is 10.1. The lowest BCUT2D eigenvalue weighted by atomic mass is 9.73. The third-order valence-corrected chi connectivity index (χ3v) is 3.99. The Morgan fingerprint density at radius 1 is 1.39 bits per heavy atom. The van der Waals surface area contributed by atoms with Crippen LogP contribution in [0.3, 0.4) is 0 Å². The van der Waals surface area contributed by atoms with Crippen molar-refractivity contribution in [3.63, 3.8) is 0 Å². The quantitative estimate of drug-likeness (QED) is 0.859. The Balaban J connectivity index is 1.95. The molecule has 1 aromatic rings. The molecule has 2 N–H and O–H groups in total. The van der Waals surface area contributed by atoms with Gasteiger partial charge in [0.1, 0.15) is 0 Å². The standard InChI is InChI=1S/C15H20N2O/c1-15(9-3-2-4-14(15)18)11-17-13-7-5-12(10-16)6-8-13/h5-8,14,17-18H,2-4,9,11H2,1H3. The van der Waals surface area contributed by atoms with Crippen molar-refractivity contribution < 1.29 is 5.11 Å². The average molecular weight is 244 g/mol. The number of nitrogens with zero attached hydrogens (tertiary/aromatic N) is 1. The summed E-state index contributed by atoms with van der Waals surface area (Å²) in [6.45, 7) is 2.92. The molecule has 96 valence electrons. The van der Waals surface area contributed by atoms with E-state index in [1.165, 1.54) is 6.42 Å². The van der Waals surface area contributed by atoms with Gasteiger partial charge >= 0.3 is 0 Å². The van der Waals surface area contributed by atoms with Crippen LogP contribution in [0.1, 0.15) is 38.2 Å². The van der Waals surface area contributed by atoms with Crippen molar-refractivity contribution in [2.24, 2.45) is 5.41 Å². The van der Waals surface area contributed by atoms with Crippen molar-refractivity contribution in [3.05, 3.63) is 29.8 Å². The van der Waals surface area contributed by atoms with Crippen molar-refractivity contribution in [2.45, 2.75) is 38.7 Å². The largest absolute Gasteiger partial charge is 0.392 e. The van der Waals surface area contributed by atoms with Crippen LogP contribution in [0.2, 0.25) is 0 Å². The van der Waals surface area contributed by atoms with E-state index in [9.17, 15) is 5.11 Å².